The van der Waals surface area contributed by atoms with Crippen LogP contribution in [0.25, 0.3) is 10.8 Å². The first-order valence-corrected chi connectivity index (χ1v) is 15.6. The van der Waals surface area contributed by atoms with Gasteiger partial charge in [-0.1, -0.05) is 12.1 Å². The number of rotatable bonds is 10. The summed E-state index contributed by atoms with van der Waals surface area (Å²) in [5.74, 6) is -0.431. The van der Waals surface area contributed by atoms with Crippen LogP contribution in [0.2, 0.25) is 0 Å². The minimum absolute atomic E-state index is 0.0630. The van der Waals surface area contributed by atoms with Crippen LogP contribution in [0.3, 0.4) is 0 Å². The molecule has 2 saturated carbocycles. The van der Waals surface area contributed by atoms with Crippen LogP contribution >= 0.6 is 0 Å². The van der Waals surface area contributed by atoms with Gasteiger partial charge in [0.1, 0.15) is 17.5 Å². The van der Waals surface area contributed by atoms with Crippen LogP contribution in [0, 0.1) is 11.3 Å². The first-order chi connectivity index (χ1) is 19.8. The number of benzene rings is 1. The fourth-order valence-corrected chi connectivity index (χ4v) is 6.98. The number of nitrogens with one attached hydrogen (secondary N) is 1. The molecule has 3 fully saturated rings. The van der Waals surface area contributed by atoms with Crippen LogP contribution in [0.5, 0.6) is 11.6 Å². The maximum Gasteiger partial charge on any atom is 0.411 e. The highest BCUT2D eigenvalue weighted by atomic mass is 32.2. The minimum Gasteiger partial charge on any atom is -0.496 e. The Balaban J connectivity index is 1.38. The van der Waals surface area contributed by atoms with E-state index in [-0.39, 0.29) is 31.1 Å². The summed E-state index contributed by atoms with van der Waals surface area (Å²) in [6, 6.07) is 6.38. The standard InChI is InChI=1S/C30H37N3O8S/c1-6-18-15-30(18,27(35)32-42(37,38)20-10-11-20)16-24(34)23-14-19(17-33(23)28(36)41-29(2,3)4)40-26-22-8-7-9-25(39-5)21(22)12-13-31-26/h6-9,12-13,18-20,23H,1,10-11,14-17H2,2-5H3,(H,32,35)/t18-,19-,23?,30-/m1/s1. The van der Waals surface area contributed by atoms with Crippen molar-refractivity contribution in [3.05, 3.63) is 43.1 Å². The molecule has 0 radical (unpaired) electrons. The van der Waals surface area contributed by atoms with Gasteiger partial charge in [0.05, 0.1) is 30.4 Å². The average molecular weight is 600 g/mol. The van der Waals surface area contributed by atoms with E-state index in [2.05, 4.69) is 16.3 Å². The maximum atomic E-state index is 13.9. The van der Waals surface area contributed by atoms with Gasteiger partial charge in [-0.05, 0) is 64.2 Å². The number of carbonyl (C=O) groups excluding carboxylic acids is 3. The molecule has 2 amide bonds. The van der Waals surface area contributed by atoms with Gasteiger partial charge in [0.15, 0.2) is 5.78 Å². The lowest BCUT2D eigenvalue weighted by Crippen LogP contribution is -2.46. The Labute approximate surface area is 245 Å². The van der Waals surface area contributed by atoms with Crippen LogP contribution in [0.1, 0.15) is 52.9 Å². The molecule has 3 aliphatic rings. The number of aromatic nitrogens is 1. The van der Waals surface area contributed by atoms with E-state index in [0.717, 1.165) is 10.8 Å². The van der Waals surface area contributed by atoms with Gasteiger partial charge < -0.3 is 14.2 Å². The van der Waals surface area contributed by atoms with Crippen molar-refractivity contribution in [3.8, 4) is 11.6 Å². The highest BCUT2D eigenvalue weighted by molar-refractivity contribution is 7.90. The molecule has 0 bridgehead atoms. The number of sulfonamides is 1. The molecule has 1 aliphatic heterocycles. The van der Waals surface area contributed by atoms with Crippen LogP contribution in [-0.4, -0.2) is 72.7 Å². The fraction of sp³-hybridized carbons (Fsp3) is 0.533. The minimum atomic E-state index is -3.79. The van der Waals surface area contributed by atoms with E-state index in [1.165, 1.54) is 4.90 Å². The molecule has 42 heavy (non-hydrogen) atoms. The predicted octanol–water partition coefficient (Wildman–Crippen LogP) is 3.76. The zero-order valence-electron chi connectivity index (χ0n) is 24.3. The first kappa shape index (κ1) is 29.8. The van der Waals surface area contributed by atoms with Gasteiger partial charge in [-0.2, -0.15) is 0 Å². The van der Waals surface area contributed by atoms with Crippen molar-refractivity contribution in [1.29, 1.82) is 0 Å². The fourth-order valence-electron chi connectivity index (χ4n) is 5.60. The molecule has 226 valence electrons. The van der Waals surface area contributed by atoms with Crippen LogP contribution < -0.4 is 14.2 Å². The van der Waals surface area contributed by atoms with E-state index in [9.17, 15) is 22.8 Å². The average Bonchev–Trinajstić information content (AvgIpc) is 3.84. The quantitative estimate of drug-likeness (QED) is 0.404. The first-order valence-electron chi connectivity index (χ1n) is 14.1. The van der Waals surface area contributed by atoms with Gasteiger partial charge in [0.2, 0.25) is 21.8 Å². The molecule has 1 saturated heterocycles. The molecular weight excluding hydrogens is 562 g/mol. The van der Waals surface area contributed by atoms with Crippen molar-refractivity contribution in [2.75, 3.05) is 13.7 Å². The Morgan fingerprint density at radius 3 is 2.55 bits per heavy atom. The van der Waals surface area contributed by atoms with Crippen molar-refractivity contribution >= 4 is 38.6 Å². The number of Topliss-reactive ketones (excluding diaryl/α,β-unsaturated/α-hetero) is 1. The molecule has 1 unspecified atom stereocenters. The van der Waals surface area contributed by atoms with E-state index in [1.807, 2.05) is 24.3 Å². The number of amides is 2. The summed E-state index contributed by atoms with van der Waals surface area (Å²) in [4.78, 5) is 46.1. The third kappa shape index (κ3) is 5.95. The van der Waals surface area contributed by atoms with E-state index in [1.54, 1.807) is 40.2 Å². The lowest BCUT2D eigenvalue weighted by atomic mass is 9.91. The van der Waals surface area contributed by atoms with Crippen molar-refractivity contribution in [1.82, 2.24) is 14.6 Å². The van der Waals surface area contributed by atoms with Crippen LogP contribution in [-0.2, 0) is 24.3 Å². The molecule has 2 aliphatic carbocycles. The molecule has 4 atom stereocenters. The second-order valence-electron chi connectivity index (χ2n) is 12.3. The molecule has 5 rings (SSSR count). The normalized spacial score (nSPS) is 25.5. The van der Waals surface area contributed by atoms with E-state index in [4.69, 9.17) is 14.2 Å². The van der Waals surface area contributed by atoms with E-state index >= 15 is 0 Å². The van der Waals surface area contributed by atoms with Crippen molar-refractivity contribution in [2.24, 2.45) is 11.3 Å². The lowest BCUT2D eigenvalue weighted by Gasteiger charge is -2.28. The summed E-state index contributed by atoms with van der Waals surface area (Å²) in [7, 11) is -2.22. The third-order valence-electron chi connectivity index (χ3n) is 8.05. The number of hydrogen-bond donors (Lipinski definition) is 1. The Hall–Kier alpha value is -3.67. The topological polar surface area (TPSA) is 141 Å². The van der Waals surface area contributed by atoms with Crippen molar-refractivity contribution in [2.45, 2.75) is 75.9 Å². The number of nitrogens with zero attached hydrogens (tertiary/aromatic N) is 2. The van der Waals surface area contributed by atoms with Gasteiger partial charge in [-0.15, -0.1) is 6.58 Å². The summed E-state index contributed by atoms with van der Waals surface area (Å²) in [5, 5.41) is 0.945. The molecule has 12 heteroatoms. The second-order valence-corrected chi connectivity index (χ2v) is 14.3. The zero-order chi connectivity index (χ0) is 30.4. The van der Waals surface area contributed by atoms with Crippen LogP contribution in [0.4, 0.5) is 4.79 Å². The van der Waals surface area contributed by atoms with E-state index < -0.39 is 50.4 Å². The van der Waals surface area contributed by atoms with Gasteiger partial charge >= 0.3 is 6.09 Å². The number of ketones is 1. The number of pyridine rings is 1. The van der Waals surface area contributed by atoms with Gasteiger partial charge in [-0.3, -0.25) is 19.2 Å². The largest absolute Gasteiger partial charge is 0.496 e. The second kappa shape index (κ2) is 10.9. The Kier molecular flexibility index (Phi) is 7.71. The number of hydrogen-bond acceptors (Lipinski definition) is 9. The Morgan fingerprint density at radius 2 is 1.93 bits per heavy atom. The van der Waals surface area contributed by atoms with Crippen molar-refractivity contribution < 1.29 is 37.0 Å². The van der Waals surface area contributed by atoms with Crippen molar-refractivity contribution in [3.63, 3.8) is 0 Å². The molecule has 1 N–H and O–H groups in total. The summed E-state index contributed by atoms with van der Waals surface area (Å²) < 4.78 is 44.5. The molecular formula is C30H37N3O8S. The Morgan fingerprint density at radius 1 is 1.19 bits per heavy atom. The molecule has 1 aromatic heterocycles. The SMILES string of the molecule is C=C[C@@H]1C[C@]1(CC(=O)C1C[C@@H](Oc2nccc3c(OC)cccc23)CN1C(=O)OC(C)(C)C)C(=O)NS(=O)(=O)C1CC1. The van der Waals surface area contributed by atoms with Gasteiger partial charge in [0, 0.05) is 29.8 Å². The number of ether oxygens (including phenoxy) is 3. The van der Waals surface area contributed by atoms with Gasteiger partial charge in [-0.25, -0.2) is 18.2 Å². The highest BCUT2D eigenvalue weighted by Gasteiger charge is 2.61. The lowest BCUT2D eigenvalue weighted by molar-refractivity contribution is -0.131. The number of fused-ring (bicyclic) bond motifs is 1. The summed E-state index contributed by atoms with van der Waals surface area (Å²) in [6.07, 6.45) is 3.13. The van der Waals surface area contributed by atoms with Gasteiger partial charge in [0.25, 0.3) is 0 Å². The predicted molar refractivity (Wildman–Crippen MR) is 155 cm³/mol. The van der Waals surface area contributed by atoms with E-state index in [0.29, 0.717) is 30.9 Å². The molecule has 2 aromatic rings. The molecule has 1 aromatic carbocycles. The monoisotopic (exact) mass is 599 g/mol. The summed E-state index contributed by atoms with van der Waals surface area (Å²) >= 11 is 0. The maximum absolute atomic E-state index is 13.9. The highest BCUT2D eigenvalue weighted by Crippen LogP contribution is 2.57. The third-order valence-corrected chi connectivity index (χ3v) is 9.87. The summed E-state index contributed by atoms with van der Waals surface area (Å²) in [6.45, 7) is 9.03. The number of allylic oxidation sites excluding steroid dienone is 1. The van der Waals surface area contributed by atoms with Crippen LogP contribution in [0.15, 0.2) is 43.1 Å². The molecule has 2 heterocycles. The molecule has 11 nitrogen and oxygen atoms in total. The Bertz CT molecular complexity index is 1530. The number of likely N-dealkylation sites (tertiary alicyclic amines) is 1. The molecule has 0 spiro atoms. The smallest absolute Gasteiger partial charge is 0.411 e. The summed E-state index contributed by atoms with van der Waals surface area (Å²) in [5.41, 5.74) is -2.03. The number of methoxy groups -OCH3 is 1. The zero-order valence-corrected chi connectivity index (χ0v) is 25.1. The number of carbonyl (C=O) groups is 3.